The minimum Gasteiger partial charge on any atom is -0.348 e. The molecule has 0 unspecified atom stereocenters. The van der Waals surface area contributed by atoms with Crippen LogP contribution in [0.4, 0.5) is 0 Å². The monoisotopic (exact) mass is 469 g/mol. The van der Waals surface area contributed by atoms with E-state index in [4.69, 9.17) is 11.6 Å². The summed E-state index contributed by atoms with van der Waals surface area (Å²) in [6, 6.07) is 17.6. The second kappa shape index (κ2) is 9.64. The Morgan fingerprint density at radius 3 is 2.55 bits per heavy atom. The van der Waals surface area contributed by atoms with Crippen LogP contribution in [0.2, 0.25) is 5.02 Å². The summed E-state index contributed by atoms with van der Waals surface area (Å²) in [5.41, 5.74) is 2.84. The lowest BCUT2D eigenvalue weighted by Gasteiger charge is -2.10. The molecule has 31 heavy (non-hydrogen) atoms. The van der Waals surface area contributed by atoms with Gasteiger partial charge in [-0.25, -0.2) is 4.98 Å². The van der Waals surface area contributed by atoms with Crippen molar-refractivity contribution < 1.29 is 4.79 Å². The molecule has 0 aliphatic rings. The van der Waals surface area contributed by atoms with Crippen molar-refractivity contribution in [2.45, 2.75) is 17.3 Å². The van der Waals surface area contributed by atoms with Crippen LogP contribution in [0, 0.1) is 0 Å². The molecular weight excluding hydrogens is 450 g/mol. The van der Waals surface area contributed by atoms with Crippen molar-refractivity contribution in [3.63, 3.8) is 0 Å². The van der Waals surface area contributed by atoms with Crippen LogP contribution in [0.15, 0.2) is 65.1 Å². The quantitative estimate of drug-likeness (QED) is 0.358. The van der Waals surface area contributed by atoms with Crippen LogP contribution in [0.3, 0.4) is 0 Å². The van der Waals surface area contributed by atoms with Crippen molar-refractivity contribution in [1.82, 2.24) is 24.6 Å². The molecule has 9 heteroatoms. The molecule has 1 amide bonds. The van der Waals surface area contributed by atoms with Crippen LogP contribution < -0.4 is 0 Å². The van der Waals surface area contributed by atoms with Gasteiger partial charge in [0.15, 0.2) is 11.0 Å². The minimum atomic E-state index is 0.0463. The van der Waals surface area contributed by atoms with Gasteiger partial charge in [0, 0.05) is 41.5 Å². The Labute approximate surface area is 193 Å². The number of hydrogen-bond donors (Lipinski definition) is 0. The van der Waals surface area contributed by atoms with E-state index in [1.165, 1.54) is 11.3 Å². The van der Waals surface area contributed by atoms with Crippen LogP contribution in [0.5, 0.6) is 0 Å². The van der Waals surface area contributed by atoms with Crippen molar-refractivity contribution in [2.75, 3.05) is 14.1 Å². The Kier molecular flexibility index (Phi) is 6.70. The minimum absolute atomic E-state index is 0.0463. The first-order valence-corrected chi connectivity index (χ1v) is 11.8. The van der Waals surface area contributed by atoms with Gasteiger partial charge in [0.2, 0.25) is 5.91 Å². The molecule has 0 saturated carbocycles. The van der Waals surface area contributed by atoms with Gasteiger partial charge in [-0.2, -0.15) is 0 Å². The van der Waals surface area contributed by atoms with Crippen LogP contribution >= 0.6 is 34.7 Å². The van der Waals surface area contributed by atoms with Gasteiger partial charge in [-0.1, -0.05) is 41.6 Å². The van der Waals surface area contributed by atoms with Crippen LogP contribution in [0.1, 0.15) is 10.7 Å². The number of hydrogen-bond acceptors (Lipinski definition) is 6. The van der Waals surface area contributed by atoms with Crippen molar-refractivity contribution >= 4 is 40.6 Å². The highest BCUT2D eigenvalue weighted by Gasteiger charge is 2.17. The molecule has 6 nitrogen and oxygen atoms in total. The van der Waals surface area contributed by atoms with Crippen LogP contribution in [0.25, 0.3) is 17.1 Å². The lowest BCUT2D eigenvalue weighted by Crippen LogP contribution is -2.23. The molecule has 2 aromatic heterocycles. The molecule has 2 heterocycles. The van der Waals surface area contributed by atoms with Gasteiger partial charge in [0.1, 0.15) is 5.01 Å². The average Bonchev–Trinajstić information content (AvgIpc) is 3.40. The summed E-state index contributed by atoms with van der Waals surface area (Å²) in [5, 5.41) is 13.2. The Balaban J connectivity index is 1.58. The summed E-state index contributed by atoms with van der Waals surface area (Å²) in [6.07, 6.45) is 0.323. The number of benzene rings is 2. The lowest BCUT2D eigenvalue weighted by atomic mass is 10.2. The van der Waals surface area contributed by atoms with Crippen molar-refractivity contribution in [1.29, 1.82) is 0 Å². The molecule has 0 radical (unpaired) electrons. The molecule has 0 spiro atoms. The van der Waals surface area contributed by atoms with Crippen molar-refractivity contribution in [3.05, 3.63) is 75.7 Å². The first kappa shape index (κ1) is 21.5. The normalized spacial score (nSPS) is 10.9. The van der Waals surface area contributed by atoms with E-state index in [2.05, 4.69) is 15.2 Å². The molecule has 0 fully saturated rings. The molecule has 0 aliphatic carbocycles. The molecule has 0 N–H and O–H groups in total. The number of thiazole rings is 1. The maximum atomic E-state index is 11.9. The number of carbonyl (C=O) groups is 1. The summed E-state index contributed by atoms with van der Waals surface area (Å²) in [4.78, 5) is 18.1. The van der Waals surface area contributed by atoms with E-state index in [9.17, 15) is 4.79 Å². The highest BCUT2D eigenvalue weighted by atomic mass is 35.5. The number of amides is 1. The van der Waals surface area contributed by atoms with Gasteiger partial charge in [0.25, 0.3) is 0 Å². The Morgan fingerprint density at radius 1 is 1.10 bits per heavy atom. The van der Waals surface area contributed by atoms with E-state index in [1.807, 2.05) is 64.5 Å². The fourth-order valence-electron chi connectivity index (χ4n) is 2.88. The summed E-state index contributed by atoms with van der Waals surface area (Å²) >= 11 is 9.12. The van der Waals surface area contributed by atoms with E-state index in [-0.39, 0.29) is 5.91 Å². The number of para-hydroxylation sites is 1. The summed E-state index contributed by atoms with van der Waals surface area (Å²) in [7, 11) is 3.50. The SMILES string of the molecule is CN(C)C(=O)Cc1nc(CSc2nnc(-c3ccc(Cl)cc3)n2-c2ccccc2)cs1. The highest BCUT2D eigenvalue weighted by Crippen LogP contribution is 2.30. The Bertz CT molecular complexity index is 1170. The first-order valence-electron chi connectivity index (χ1n) is 9.54. The first-order chi connectivity index (χ1) is 15.0. The molecule has 4 aromatic rings. The Morgan fingerprint density at radius 2 is 1.84 bits per heavy atom. The van der Waals surface area contributed by atoms with Gasteiger partial charge >= 0.3 is 0 Å². The number of aromatic nitrogens is 4. The van der Waals surface area contributed by atoms with E-state index in [0.29, 0.717) is 17.2 Å². The molecule has 0 atom stereocenters. The van der Waals surface area contributed by atoms with Gasteiger partial charge in [-0.05, 0) is 36.4 Å². The molecule has 2 aromatic carbocycles. The van der Waals surface area contributed by atoms with E-state index in [1.54, 1.807) is 30.8 Å². The fraction of sp³-hybridized carbons (Fsp3) is 0.182. The van der Waals surface area contributed by atoms with E-state index < -0.39 is 0 Å². The molecule has 0 bridgehead atoms. The fourth-order valence-corrected chi connectivity index (χ4v) is 4.74. The number of nitrogens with zero attached hydrogens (tertiary/aromatic N) is 5. The standard InChI is InChI=1S/C22H20ClN5OS2/c1-27(2)20(29)12-19-24-17(13-30-19)14-31-22-26-25-21(15-8-10-16(23)11-9-15)28(22)18-6-4-3-5-7-18/h3-11,13H,12,14H2,1-2H3. The zero-order chi connectivity index (χ0) is 21.8. The average molecular weight is 470 g/mol. The number of carbonyl (C=O) groups excluding carboxylic acids is 1. The lowest BCUT2D eigenvalue weighted by molar-refractivity contribution is -0.127. The predicted octanol–water partition coefficient (Wildman–Crippen LogP) is 4.97. The second-order valence-electron chi connectivity index (χ2n) is 6.97. The molecule has 0 aliphatic heterocycles. The number of likely N-dealkylation sites (N-methyl/N-ethyl adjacent to an activating group) is 1. The Hall–Kier alpha value is -2.68. The molecule has 4 rings (SSSR count). The van der Waals surface area contributed by atoms with Crippen molar-refractivity contribution in [2.24, 2.45) is 0 Å². The largest absolute Gasteiger partial charge is 0.348 e. The van der Waals surface area contributed by atoms with E-state index >= 15 is 0 Å². The summed E-state index contributed by atoms with van der Waals surface area (Å²) < 4.78 is 2.04. The summed E-state index contributed by atoms with van der Waals surface area (Å²) in [5.74, 6) is 1.43. The van der Waals surface area contributed by atoms with Gasteiger partial charge in [-0.3, -0.25) is 9.36 Å². The van der Waals surface area contributed by atoms with Crippen molar-refractivity contribution in [3.8, 4) is 17.1 Å². The summed E-state index contributed by atoms with van der Waals surface area (Å²) in [6.45, 7) is 0. The highest BCUT2D eigenvalue weighted by molar-refractivity contribution is 7.98. The second-order valence-corrected chi connectivity index (χ2v) is 9.29. The third-order valence-electron chi connectivity index (χ3n) is 4.50. The number of rotatable bonds is 7. The molecular formula is C22H20ClN5OS2. The third-order valence-corrected chi connectivity index (χ3v) is 6.61. The smallest absolute Gasteiger partial charge is 0.228 e. The van der Waals surface area contributed by atoms with Gasteiger partial charge < -0.3 is 4.90 Å². The van der Waals surface area contributed by atoms with Gasteiger partial charge in [-0.15, -0.1) is 21.5 Å². The third kappa shape index (κ3) is 5.15. The predicted molar refractivity (Wildman–Crippen MR) is 126 cm³/mol. The number of halogens is 1. The zero-order valence-corrected chi connectivity index (χ0v) is 19.4. The van der Waals surface area contributed by atoms with Crippen LogP contribution in [-0.4, -0.2) is 44.7 Å². The maximum absolute atomic E-state index is 11.9. The van der Waals surface area contributed by atoms with Crippen LogP contribution in [-0.2, 0) is 17.0 Å². The molecule has 158 valence electrons. The zero-order valence-electron chi connectivity index (χ0n) is 17.0. The topological polar surface area (TPSA) is 63.9 Å². The van der Waals surface area contributed by atoms with Gasteiger partial charge in [0.05, 0.1) is 12.1 Å². The maximum Gasteiger partial charge on any atom is 0.228 e. The van der Waals surface area contributed by atoms with E-state index in [0.717, 1.165) is 32.9 Å². The molecule has 0 saturated heterocycles. The number of thioether (sulfide) groups is 1.